The van der Waals surface area contributed by atoms with E-state index < -0.39 is 5.91 Å². The lowest BCUT2D eigenvalue weighted by molar-refractivity contribution is -0.118. The molecule has 0 spiro atoms. The average molecular weight is 368 g/mol. The molecule has 0 heterocycles. The maximum atomic E-state index is 13.0. The summed E-state index contributed by atoms with van der Waals surface area (Å²) < 4.78 is 5.76. The molecule has 0 aliphatic heterocycles. The van der Waals surface area contributed by atoms with Gasteiger partial charge in [-0.1, -0.05) is 50.2 Å². The highest BCUT2D eigenvalue weighted by molar-refractivity contribution is 5.94. The number of nitrogens with zero attached hydrogens (tertiary/aromatic N) is 1. The zero-order chi connectivity index (χ0) is 19.6. The molecule has 0 atom stereocenters. The average Bonchev–Trinajstić information content (AvgIpc) is 2.65. The van der Waals surface area contributed by atoms with Crippen LogP contribution in [0.3, 0.4) is 0 Å². The fourth-order valence-corrected chi connectivity index (χ4v) is 2.62. The van der Waals surface area contributed by atoms with Crippen LogP contribution in [0.1, 0.15) is 42.6 Å². The maximum absolute atomic E-state index is 13.0. The van der Waals surface area contributed by atoms with Gasteiger partial charge in [0, 0.05) is 25.1 Å². The molecule has 0 aliphatic rings. The van der Waals surface area contributed by atoms with Crippen molar-refractivity contribution in [1.29, 1.82) is 0 Å². The minimum Gasteiger partial charge on any atom is -0.494 e. The fourth-order valence-electron chi connectivity index (χ4n) is 2.62. The van der Waals surface area contributed by atoms with E-state index in [-0.39, 0.29) is 18.9 Å². The maximum Gasteiger partial charge on any atom is 0.254 e. The van der Waals surface area contributed by atoms with Gasteiger partial charge in [0.2, 0.25) is 5.91 Å². The van der Waals surface area contributed by atoms with Gasteiger partial charge in [-0.25, -0.2) is 0 Å². The van der Waals surface area contributed by atoms with E-state index in [9.17, 15) is 9.59 Å². The van der Waals surface area contributed by atoms with Crippen molar-refractivity contribution in [3.8, 4) is 5.75 Å². The van der Waals surface area contributed by atoms with Crippen LogP contribution in [0.15, 0.2) is 54.6 Å². The molecule has 0 unspecified atom stereocenters. The SMILES string of the molecule is CC(C)CCOc1cccc(C(=O)N(CCC(N)=O)Cc2ccccc2)c1. The van der Waals surface area contributed by atoms with Gasteiger partial charge in [0.05, 0.1) is 6.61 Å². The Morgan fingerprint density at radius 1 is 1.07 bits per heavy atom. The molecular weight excluding hydrogens is 340 g/mol. The first-order chi connectivity index (χ1) is 13.0. The van der Waals surface area contributed by atoms with Gasteiger partial charge >= 0.3 is 0 Å². The Hall–Kier alpha value is -2.82. The lowest BCUT2D eigenvalue weighted by Gasteiger charge is -2.23. The van der Waals surface area contributed by atoms with Crippen molar-refractivity contribution >= 4 is 11.8 Å². The van der Waals surface area contributed by atoms with Crippen LogP contribution in [0.25, 0.3) is 0 Å². The summed E-state index contributed by atoms with van der Waals surface area (Å²) in [7, 11) is 0. The van der Waals surface area contributed by atoms with Gasteiger partial charge in [0.25, 0.3) is 5.91 Å². The molecule has 2 aromatic carbocycles. The van der Waals surface area contributed by atoms with E-state index in [2.05, 4.69) is 13.8 Å². The molecule has 0 aromatic heterocycles. The minimum absolute atomic E-state index is 0.128. The first kappa shape index (κ1) is 20.5. The van der Waals surface area contributed by atoms with E-state index in [1.807, 2.05) is 42.5 Å². The Morgan fingerprint density at radius 3 is 2.48 bits per heavy atom. The van der Waals surface area contributed by atoms with Crippen LogP contribution < -0.4 is 10.5 Å². The van der Waals surface area contributed by atoms with Crippen molar-refractivity contribution in [2.24, 2.45) is 11.7 Å². The topological polar surface area (TPSA) is 72.6 Å². The highest BCUT2D eigenvalue weighted by Crippen LogP contribution is 2.17. The molecule has 0 saturated heterocycles. The van der Waals surface area contributed by atoms with Gasteiger partial charge in [0.1, 0.15) is 5.75 Å². The monoisotopic (exact) mass is 368 g/mol. The van der Waals surface area contributed by atoms with Crippen molar-refractivity contribution in [2.75, 3.05) is 13.2 Å². The van der Waals surface area contributed by atoms with Crippen molar-refractivity contribution in [2.45, 2.75) is 33.2 Å². The summed E-state index contributed by atoms with van der Waals surface area (Å²) in [6.45, 7) is 5.60. The summed E-state index contributed by atoms with van der Waals surface area (Å²) in [6, 6.07) is 16.9. The lowest BCUT2D eigenvalue weighted by atomic mass is 10.1. The van der Waals surface area contributed by atoms with E-state index in [0.29, 0.717) is 30.4 Å². The quantitative estimate of drug-likeness (QED) is 0.696. The van der Waals surface area contributed by atoms with Crippen LogP contribution in [0.2, 0.25) is 0 Å². The number of hydrogen-bond acceptors (Lipinski definition) is 3. The first-order valence-corrected chi connectivity index (χ1v) is 9.30. The van der Waals surface area contributed by atoms with E-state index in [1.54, 1.807) is 17.0 Å². The number of benzene rings is 2. The van der Waals surface area contributed by atoms with Crippen LogP contribution in [-0.2, 0) is 11.3 Å². The summed E-state index contributed by atoms with van der Waals surface area (Å²) in [6.07, 6.45) is 1.08. The molecule has 5 nitrogen and oxygen atoms in total. The van der Waals surface area contributed by atoms with Gasteiger partial charge in [-0.05, 0) is 36.1 Å². The molecule has 2 amide bonds. The van der Waals surface area contributed by atoms with Crippen molar-refractivity contribution in [3.05, 3.63) is 65.7 Å². The summed E-state index contributed by atoms with van der Waals surface area (Å²) in [5.74, 6) is 0.669. The second kappa shape index (κ2) is 10.4. The Balaban J connectivity index is 2.12. The number of amides is 2. The largest absolute Gasteiger partial charge is 0.494 e. The Bertz CT molecular complexity index is 744. The van der Waals surface area contributed by atoms with E-state index in [4.69, 9.17) is 10.5 Å². The van der Waals surface area contributed by atoms with Crippen molar-refractivity contribution in [3.63, 3.8) is 0 Å². The molecule has 0 radical (unpaired) electrons. The Labute approximate surface area is 161 Å². The van der Waals surface area contributed by atoms with Gasteiger partial charge in [-0.2, -0.15) is 0 Å². The lowest BCUT2D eigenvalue weighted by Crippen LogP contribution is -2.33. The summed E-state index contributed by atoms with van der Waals surface area (Å²) in [4.78, 5) is 25.9. The molecule has 5 heteroatoms. The number of ether oxygens (including phenoxy) is 1. The number of nitrogens with two attached hydrogens (primary N) is 1. The third kappa shape index (κ3) is 7.13. The number of rotatable bonds is 10. The summed E-state index contributed by atoms with van der Waals surface area (Å²) in [5.41, 5.74) is 6.82. The smallest absolute Gasteiger partial charge is 0.254 e. The summed E-state index contributed by atoms with van der Waals surface area (Å²) >= 11 is 0. The third-order valence-electron chi connectivity index (χ3n) is 4.18. The number of primary amides is 1. The number of carbonyl (C=O) groups is 2. The standard InChI is InChI=1S/C22H28N2O3/c1-17(2)12-14-27-20-10-6-9-19(15-20)22(26)24(13-11-21(23)25)16-18-7-4-3-5-8-18/h3-10,15,17H,11-14,16H2,1-2H3,(H2,23,25). The van der Waals surface area contributed by atoms with Gasteiger partial charge < -0.3 is 15.4 Å². The van der Waals surface area contributed by atoms with E-state index in [0.717, 1.165) is 12.0 Å². The zero-order valence-corrected chi connectivity index (χ0v) is 16.1. The van der Waals surface area contributed by atoms with Gasteiger partial charge in [0.15, 0.2) is 0 Å². The molecule has 27 heavy (non-hydrogen) atoms. The minimum atomic E-state index is -0.424. The molecule has 0 fully saturated rings. The molecule has 2 aromatic rings. The van der Waals surface area contributed by atoms with Crippen LogP contribution >= 0.6 is 0 Å². The predicted molar refractivity (Wildman–Crippen MR) is 106 cm³/mol. The first-order valence-electron chi connectivity index (χ1n) is 9.30. The van der Waals surface area contributed by atoms with Gasteiger partial charge in [-0.3, -0.25) is 9.59 Å². The Kier molecular flexibility index (Phi) is 7.86. The van der Waals surface area contributed by atoms with E-state index >= 15 is 0 Å². The van der Waals surface area contributed by atoms with Gasteiger partial charge in [-0.15, -0.1) is 0 Å². The van der Waals surface area contributed by atoms with Crippen LogP contribution in [0.4, 0.5) is 0 Å². The molecule has 2 N–H and O–H groups in total. The molecule has 144 valence electrons. The molecule has 0 bridgehead atoms. The van der Waals surface area contributed by atoms with Crippen LogP contribution in [0, 0.1) is 5.92 Å². The molecule has 2 rings (SSSR count). The second-order valence-electron chi connectivity index (χ2n) is 6.99. The molecular formula is C22H28N2O3. The predicted octanol–water partition coefficient (Wildman–Crippen LogP) is 3.63. The third-order valence-corrected chi connectivity index (χ3v) is 4.18. The fraction of sp³-hybridized carbons (Fsp3) is 0.364. The normalized spacial score (nSPS) is 10.6. The molecule has 0 aliphatic carbocycles. The second-order valence-corrected chi connectivity index (χ2v) is 6.99. The highest BCUT2D eigenvalue weighted by atomic mass is 16.5. The van der Waals surface area contributed by atoms with E-state index in [1.165, 1.54) is 0 Å². The zero-order valence-electron chi connectivity index (χ0n) is 16.1. The molecule has 0 saturated carbocycles. The highest BCUT2D eigenvalue weighted by Gasteiger charge is 2.17. The number of carbonyl (C=O) groups excluding carboxylic acids is 2. The summed E-state index contributed by atoms with van der Waals surface area (Å²) in [5, 5.41) is 0. The van der Waals surface area contributed by atoms with Crippen LogP contribution in [-0.4, -0.2) is 29.9 Å². The van der Waals surface area contributed by atoms with Crippen molar-refractivity contribution in [1.82, 2.24) is 4.90 Å². The van der Waals surface area contributed by atoms with Crippen molar-refractivity contribution < 1.29 is 14.3 Å². The van der Waals surface area contributed by atoms with Crippen LogP contribution in [0.5, 0.6) is 5.75 Å². The Morgan fingerprint density at radius 2 is 1.81 bits per heavy atom. The number of hydrogen-bond donors (Lipinski definition) is 1.